The Morgan fingerprint density at radius 3 is 0.881 bits per heavy atom. The first-order chi connectivity index (χ1) is 33.0. The maximum Gasteiger partial charge on any atom is 0.306 e. The van der Waals surface area contributed by atoms with Crippen LogP contribution in [0, 0.1) is 0 Å². The van der Waals surface area contributed by atoms with Crippen molar-refractivity contribution >= 4 is 17.9 Å². The van der Waals surface area contributed by atoms with Gasteiger partial charge in [0.05, 0.1) is 0 Å². The number of allylic oxidation sites excluding steroid dienone is 10. The van der Waals surface area contributed by atoms with E-state index in [1.165, 1.54) is 173 Å². The van der Waals surface area contributed by atoms with Crippen LogP contribution in [0.15, 0.2) is 60.8 Å². The van der Waals surface area contributed by atoms with Gasteiger partial charge in [-0.25, -0.2) is 0 Å². The largest absolute Gasteiger partial charge is 0.462 e. The number of carbonyl (C=O) groups excluding carboxylic acids is 3. The molecule has 0 rings (SSSR count). The smallest absolute Gasteiger partial charge is 0.306 e. The molecule has 0 saturated heterocycles. The van der Waals surface area contributed by atoms with Crippen molar-refractivity contribution < 1.29 is 28.6 Å². The van der Waals surface area contributed by atoms with Crippen LogP contribution in [0.25, 0.3) is 0 Å². The third-order valence-electron chi connectivity index (χ3n) is 12.6. The molecule has 0 aliphatic heterocycles. The van der Waals surface area contributed by atoms with Crippen LogP contribution in [-0.2, 0) is 28.6 Å². The summed E-state index contributed by atoms with van der Waals surface area (Å²) < 4.78 is 16.8. The fourth-order valence-electron chi connectivity index (χ4n) is 8.26. The third kappa shape index (κ3) is 53.9. The molecule has 6 nitrogen and oxygen atoms in total. The fourth-order valence-corrected chi connectivity index (χ4v) is 8.26. The van der Waals surface area contributed by atoms with Gasteiger partial charge in [0.1, 0.15) is 13.2 Å². The molecule has 1 unspecified atom stereocenters. The van der Waals surface area contributed by atoms with Gasteiger partial charge in [-0.05, 0) is 51.4 Å². The Kier molecular flexibility index (Phi) is 53.3. The van der Waals surface area contributed by atoms with Crippen LogP contribution in [-0.4, -0.2) is 37.2 Å². The Labute approximate surface area is 415 Å². The van der Waals surface area contributed by atoms with E-state index in [2.05, 4.69) is 75.5 Å². The lowest BCUT2D eigenvalue weighted by Gasteiger charge is -2.18. The number of carbonyl (C=O) groups is 3. The summed E-state index contributed by atoms with van der Waals surface area (Å²) in [4.78, 5) is 38.1. The van der Waals surface area contributed by atoms with Crippen molar-refractivity contribution in [2.45, 2.75) is 297 Å². The quantitative estimate of drug-likeness (QED) is 0.0262. The van der Waals surface area contributed by atoms with Gasteiger partial charge in [0, 0.05) is 19.3 Å². The minimum atomic E-state index is -0.810. The first kappa shape index (κ1) is 64.1. The summed E-state index contributed by atoms with van der Waals surface area (Å²) in [7, 11) is 0. The second-order valence-electron chi connectivity index (χ2n) is 19.2. The van der Waals surface area contributed by atoms with Crippen LogP contribution in [0.2, 0.25) is 0 Å². The Balaban J connectivity index is 4.43. The van der Waals surface area contributed by atoms with E-state index in [1.807, 2.05) is 6.08 Å². The summed E-state index contributed by atoms with van der Waals surface area (Å²) in [6, 6.07) is 0. The van der Waals surface area contributed by atoms with E-state index >= 15 is 0 Å². The Morgan fingerprint density at radius 1 is 0.313 bits per heavy atom. The summed E-state index contributed by atoms with van der Waals surface area (Å²) in [6.45, 7) is 6.50. The van der Waals surface area contributed by atoms with Gasteiger partial charge in [0.25, 0.3) is 0 Å². The highest BCUT2D eigenvalue weighted by Crippen LogP contribution is 2.17. The highest BCUT2D eigenvalue weighted by Gasteiger charge is 2.19. The van der Waals surface area contributed by atoms with Crippen LogP contribution < -0.4 is 0 Å². The van der Waals surface area contributed by atoms with Gasteiger partial charge in [-0.2, -0.15) is 0 Å². The Hall–Kier alpha value is -2.89. The average molecular weight is 938 g/mol. The normalized spacial score (nSPS) is 12.5. The number of hydrogen-bond donors (Lipinski definition) is 0. The molecular weight excluding hydrogens is 829 g/mol. The molecular formula is C61H108O6. The van der Waals surface area contributed by atoms with Crippen molar-refractivity contribution in [3.05, 3.63) is 60.8 Å². The Morgan fingerprint density at radius 2 is 0.582 bits per heavy atom. The number of hydrogen-bond acceptors (Lipinski definition) is 6. The molecule has 0 radical (unpaired) electrons. The molecule has 388 valence electrons. The minimum Gasteiger partial charge on any atom is -0.462 e. The second-order valence-corrected chi connectivity index (χ2v) is 19.2. The molecule has 0 aromatic rings. The van der Waals surface area contributed by atoms with E-state index in [0.717, 1.165) is 70.6 Å². The maximum atomic E-state index is 12.8. The lowest BCUT2D eigenvalue weighted by molar-refractivity contribution is -0.166. The van der Waals surface area contributed by atoms with Gasteiger partial charge in [-0.1, -0.05) is 281 Å². The monoisotopic (exact) mass is 937 g/mol. The minimum absolute atomic E-state index is 0.0997. The first-order valence-corrected chi connectivity index (χ1v) is 28.8. The third-order valence-corrected chi connectivity index (χ3v) is 12.6. The number of rotatable bonds is 52. The van der Waals surface area contributed by atoms with Crippen molar-refractivity contribution in [2.75, 3.05) is 13.2 Å². The highest BCUT2D eigenvalue weighted by molar-refractivity contribution is 5.71. The van der Waals surface area contributed by atoms with Crippen LogP contribution in [0.1, 0.15) is 290 Å². The molecule has 0 amide bonds. The van der Waals surface area contributed by atoms with Crippen molar-refractivity contribution in [3.8, 4) is 0 Å². The molecule has 0 saturated carbocycles. The van der Waals surface area contributed by atoms with Gasteiger partial charge < -0.3 is 14.2 Å². The zero-order chi connectivity index (χ0) is 48.6. The predicted molar refractivity (Wildman–Crippen MR) is 288 cm³/mol. The Bertz CT molecular complexity index is 1210. The van der Waals surface area contributed by atoms with Crippen LogP contribution in [0.3, 0.4) is 0 Å². The maximum absolute atomic E-state index is 12.8. The molecule has 67 heavy (non-hydrogen) atoms. The number of ether oxygens (including phenoxy) is 3. The lowest BCUT2D eigenvalue weighted by atomic mass is 10.0. The summed E-state index contributed by atoms with van der Waals surface area (Å²) in [5.41, 5.74) is 0. The SMILES string of the molecule is CC/C=C\C/C=C\C/C=C\C/C=C\C/C=C\CCC(=O)OC(COC(=O)CCCCCCCCCCCCCCCCCC)COC(=O)CCCCCCCCCCCCCCCCCCC. The molecule has 0 N–H and O–H groups in total. The number of esters is 3. The van der Waals surface area contributed by atoms with Crippen LogP contribution >= 0.6 is 0 Å². The van der Waals surface area contributed by atoms with Crippen LogP contribution in [0.4, 0.5) is 0 Å². The molecule has 0 spiro atoms. The molecule has 6 heteroatoms. The van der Waals surface area contributed by atoms with E-state index in [9.17, 15) is 14.4 Å². The van der Waals surface area contributed by atoms with Gasteiger partial charge in [0.15, 0.2) is 6.10 Å². The molecule has 0 aromatic heterocycles. The summed E-state index contributed by atoms with van der Waals surface area (Å²) >= 11 is 0. The molecule has 0 aromatic carbocycles. The first-order valence-electron chi connectivity index (χ1n) is 28.8. The molecule has 0 aliphatic rings. The van der Waals surface area contributed by atoms with E-state index in [1.54, 1.807) is 0 Å². The van der Waals surface area contributed by atoms with E-state index in [-0.39, 0.29) is 37.5 Å². The molecule has 0 aliphatic carbocycles. The van der Waals surface area contributed by atoms with Crippen molar-refractivity contribution in [1.29, 1.82) is 0 Å². The van der Waals surface area contributed by atoms with Gasteiger partial charge in [0.2, 0.25) is 0 Å². The van der Waals surface area contributed by atoms with Crippen molar-refractivity contribution in [3.63, 3.8) is 0 Å². The van der Waals surface area contributed by atoms with Gasteiger partial charge in [-0.15, -0.1) is 0 Å². The van der Waals surface area contributed by atoms with Gasteiger partial charge >= 0.3 is 17.9 Å². The summed E-state index contributed by atoms with van der Waals surface area (Å²) in [6.07, 6.45) is 69.4. The summed E-state index contributed by atoms with van der Waals surface area (Å²) in [5, 5.41) is 0. The van der Waals surface area contributed by atoms with Gasteiger partial charge in [-0.3, -0.25) is 14.4 Å². The predicted octanol–water partition coefficient (Wildman–Crippen LogP) is 19.2. The molecule has 1 atom stereocenters. The molecule has 0 heterocycles. The van der Waals surface area contributed by atoms with E-state index < -0.39 is 6.10 Å². The standard InChI is InChI=1S/C61H108O6/c1-4-7-10-13-16-19-22-25-28-31-34-36-39-42-45-48-51-54-60(63)66-57-58(67-61(64)55-52-49-46-43-40-37-33-30-27-24-21-18-15-12-9-6-3)56-65-59(62)53-50-47-44-41-38-35-32-29-26-23-20-17-14-11-8-5-2/h9,12,18,21,27,30,37,40,46,49,58H,4-8,10-11,13-17,19-20,22-26,28-29,31-36,38-39,41-45,47-48,50-57H2,1-3H3/b12-9-,21-18-,30-27-,40-37-,49-46-. The number of unbranched alkanes of at least 4 members (excludes halogenated alkanes) is 31. The average Bonchev–Trinajstić information content (AvgIpc) is 3.33. The van der Waals surface area contributed by atoms with Crippen LogP contribution in [0.5, 0.6) is 0 Å². The molecule has 0 fully saturated rings. The zero-order valence-electron chi connectivity index (χ0n) is 44.4. The van der Waals surface area contributed by atoms with Crippen molar-refractivity contribution in [2.24, 2.45) is 0 Å². The second kappa shape index (κ2) is 55.7. The summed E-state index contributed by atoms with van der Waals surface area (Å²) in [5.74, 6) is -0.968. The van der Waals surface area contributed by atoms with E-state index in [4.69, 9.17) is 14.2 Å². The zero-order valence-corrected chi connectivity index (χ0v) is 44.4. The van der Waals surface area contributed by atoms with Crippen molar-refractivity contribution in [1.82, 2.24) is 0 Å². The van der Waals surface area contributed by atoms with E-state index in [0.29, 0.717) is 19.3 Å². The fraction of sp³-hybridized carbons (Fsp3) is 0.787. The highest BCUT2D eigenvalue weighted by atomic mass is 16.6. The lowest BCUT2D eigenvalue weighted by Crippen LogP contribution is -2.30. The topological polar surface area (TPSA) is 78.9 Å². The molecule has 0 bridgehead atoms.